The van der Waals surface area contributed by atoms with Gasteiger partial charge in [-0.15, -0.1) is 0 Å². The van der Waals surface area contributed by atoms with Crippen LogP contribution in [-0.2, 0) is 29.0 Å². The molecule has 0 fully saturated rings. The Balaban J connectivity index is 1.71. The number of nitrogens with zero attached hydrogens (tertiary/aromatic N) is 3. The average molecular weight is 520 g/mol. The average Bonchev–Trinajstić information content (AvgIpc) is 3.16. The quantitative estimate of drug-likeness (QED) is 0.459. The van der Waals surface area contributed by atoms with E-state index in [0.29, 0.717) is 0 Å². The van der Waals surface area contributed by atoms with Crippen molar-refractivity contribution < 1.29 is 30.8 Å². The maximum Gasteiger partial charge on any atom is 0.435 e. The normalized spacial score (nSPS) is 11.9. The second-order valence-electron chi connectivity index (χ2n) is 7.25. The molecule has 8 nitrogen and oxygen atoms in total. The number of anilines is 1. The number of sulfone groups is 1. The number of aryl methyl sites for hydroxylation is 1. The summed E-state index contributed by atoms with van der Waals surface area (Å²) in [5, 5.41) is 8.54. The molecule has 3 rings (SSSR count). The summed E-state index contributed by atoms with van der Waals surface area (Å²) in [4.78, 5) is 16.0. The Morgan fingerprint density at radius 2 is 1.94 bits per heavy atom. The maximum atomic E-state index is 14.2. The fourth-order valence-electron chi connectivity index (χ4n) is 2.86. The summed E-state index contributed by atoms with van der Waals surface area (Å²) in [6.07, 6.45) is -2.69. The van der Waals surface area contributed by atoms with Crippen LogP contribution in [0.2, 0.25) is 5.02 Å². The minimum atomic E-state index is -4.71. The van der Waals surface area contributed by atoms with Gasteiger partial charge < -0.3 is 10.6 Å². The summed E-state index contributed by atoms with van der Waals surface area (Å²) in [6.45, 7) is -0.343. The molecule has 2 amide bonds. The highest BCUT2D eigenvalue weighted by Gasteiger charge is 2.35. The number of carbonyl (C=O) groups excluding carboxylic acids is 1. The third-order valence-electron chi connectivity index (χ3n) is 4.44. The van der Waals surface area contributed by atoms with E-state index in [2.05, 4.69) is 20.7 Å². The molecule has 0 aliphatic heterocycles. The topological polar surface area (TPSA) is 106 Å². The van der Waals surface area contributed by atoms with Crippen LogP contribution in [0.4, 0.5) is 28.0 Å². The summed E-state index contributed by atoms with van der Waals surface area (Å²) in [7, 11) is -3.31. The molecule has 0 aliphatic carbocycles. The molecule has 34 heavy (non-hydrogen) atoms. The predicted octanol–water partition coefficient (Wildman–Crippen LogP) is 3.99. The number of carbonyl (C=O) groups is 1. The zero-order valence-electron chi connectivity index (χ0n) is 17.5. The van der Waals surface area contributed by atoms with Gasteiger partial charge in [-0.25, -0.2) is 22.3 Å². The number of rotatable bonds is 7. The Bertz CT molecular complexity index is 1310. The van der Waals surface area contributed by atoms with E-state index in [1.54, 1.807) is 6.07 Å². The first-order valence-corrected chi connectivity index (χ1v) is 12.0. The van der Waals surface area contributed by atoms with E-state index in [4.69, 9.17) is 11.6 Å². The fourth-order valence-corrected chi connectivity index (χ4v) is 3.61. The van der Waals surface area contributed by atoms with Gasteiger partial charge in [-0.2, -0.15) is 18.3 Å². The summed E-state index contributed by atoms with van der Waals surface area (Å²) in [6, 6.07) is 6.92. The predicted molar refractivity (Wildman–Crippen MR) is 117 cm³/mol. The molecule has 0 atom stereocenters. The van der Waals surface area contributed by atoms with Crippen molar-refractivity contribution in [2.24, 2.45) is 0 Å². The second-order valence-corrected chi connectivity index (χ2v) is 9.95. The van der Waals surface area contributed by atoms with Crippen LogP contribution in [0.5, 0.6) is 0 Å². The fraction of sp³-hybridized carbons (Fsp3) is 0.250. The van der Waals surface area contributed by atoms with Gasteiger partial charge >= 0.3 is 12.2 Å². The molecule has 1 aromatic carbocycles. The molecule has 182 valence electrons. The molecule has 14 heteroatoms. The van der Waals surface area contributed by atoms with Crippen molar-refractivity contribution in [1.29, 1.82) is 0 Å². The second kappa shape index (κ2) is 9.97. The van der Waals surface area contributed by atoms with Crippen molar-refractivity contribution in [3.8, 4) is 5.69 Å². The van der Waals surface area contributed by atoms with E-state index in [9.17, 15) is 30.8 Å². The number of aromatic nitrogens is 3. The van der Waals surface area contributed by atoms with Gasteiger partial charge in [0, 0.05) is 23.8 Å². The molecule has 0 saturated carbocycles. The van der Waals surface area contributed by atoms with E-state index in [-0.39, 0.29) is 46.5 Å². The molecule has 2 heterocycles. The Morgan fingerprint density at radius 1 is 1.21 bits per heavy atom. The first-order chi connectivity index (χ1) is 15.8. The lowest BCUT2D eigenvalue weighted by Crippen LogP contribution is -2.29. The number of benzene rings is 1. The molecule has 0 spiro atoms. The molecule has 0 aliphatic rings. The van der Waals surface area contributed by atoms with E-state index >= 15 is 0 Å². The Kier molecular flexibility index (Phi) is 7.46. The molecular formula is C20H18ClF4N5O3S. The number of urea groups is 1. The molecule has 0 bridgehead atoms. The molecule has 0 saturated heterocycles. The number of pyridine rings is 1. The van der Waals surface area contributed by atoms with Crippen molar-refractivity contribution in [1.82, 2.24) is 20.1 Å². The first kappa shape index (κ1) is 25.4. The molecule has 0 radical (unpaired) electrons. The zero-order valence-corrected chi connectivity index (χ0v) is 19.1. The van der Waals surface area contributed by atoms with Crippen molar-refractivity contribution in [3.05, 3.63) is 70.5 Å². The highest BCUT2D eigenvalue weighted by atomic mass is 35.5. The van der Waals surface area contributed by atoms with Crippen LogP contribution in [0.1, 0.15) is 17.1 Å². The van der Waals surface area contributed by atoms with Crippen molar-refractivity contribution in [2.45, 2.75) is 19.1 Å². The summed E-state index contributed by atoms with van der Waals surface area (Å²) >= 11 is 5.92. The van der Waals surface area contributed by atoms with Crippen LogP contribution < -0.4 is 10.6 Å². The molecule has 2 aromatic heterocycles. The number of amides is 2. The van der Waals surface area contributed by atoms with Crippen molar-refractivity contribution >= 4 is 33.2 Å². The number of hydrogen-bond donors (Lipinski definition) is 2. The monoisotopic (exact) mass is 519 g/mol. The Morgan fingerprint density at radius 3 is 2.56 bits per heavy atom. The lowest BCUT2D eigenvalue weighted by atomic mass is 10.2. The highest BCUT2D eigenvalue weighted by molar-refractivity contribution is 7.90. The molecule has 0 unspecified atom stereocenters. The van der Waals surface area contributed by atoms with Gasteiger partial charge in [-0.05, 0) is 24.3 Å². The number of nitrogens with one attached hydrogen (secondary N) is 2. The number of alkyl halides is 3. The lowest BCUT2D eigenvalue weighted by molar-refractivity contribution is -0.141. The van der Waals surface area contributed by atoms with Crippen LogP contribution in [-0.4, -0.2) is 41.2 Å². The standard InChI is InChI=1S/C20H18ClF4N5O3S/c1-34(32,33)6-5-17-16(22)8-13(10-26-17)28-19(31)27-11-15-9-18(20(23,24)25)29-30(15)14-4-2-3-12(21)7-14/h2-4,7-10H,5-6,11H2,1H3,(H2,27,28,31). The molecular weight excluding hydrogens is 502 g/mol. The van der Waals surface area contributed by atoms with Gasteiger partial charge in [0.25, 0.3) is 0 Å². The molecule has 3 aromatic rings. The Labute approximate surface area is 196 Å². The molecule has 2 N–H and O–H groups in total. The third-order valence-corrected chi connectivity index (χ3v) is 5.62. The maximum absolute atomic E-state index is 14.2. The summed E-state index contributed by atoms with van der Waals surface area (Å²) in [5.74, 6) is -1.10. The number of halogens is 5. The SMILES string of the molecule is CS(=O)(=O)CCc1ncc(NC(=O)NCc2cc(C(F)(F)F)nn2-c2cccc(Cl)c2)cc1F. The van der Waals surface area contributed by atoms with Crippen LogP contribution in [0.15, 0.2) is 42.6 Å². The van der Waals surface area contributed by atoms with Crippen LogP contribution in [0.3, 0.4) is 0 Å². The van der Waals surface area contributed by atoms with Crippen LogP contribution >= 0.6 is 11.6 Å². The van der Waals surface area contributed by atoms with Crippen LogP contribution in [0.25, 0.3) is 5.69 Å². The summed E-state index contributed by atoms with van der Waals surface area (Å²) in [5.41, 5.74) is -0.985. The van der Waals surface area contributed by atoms with E-state index < -0.39 is 33.6 Å². The summed E-state index contributed by atoms with van der Waals surface area (Å²) < 4.78 is 77.1. The lowest BCUT2D eigenvalue weighted by Gasteiger charge is -2.11. The van der Waals surface area contributed by atoms with Crippen molar-refractivity contribution in [3.63, 3.8) is 0 Å². The highest BCUT2D eigenvalue weighted by Crippen LogP contribution is 2.30. The van der Waals surface area contributed by atoms with Crippen molar-refractivity contribution in [2.75, 3.05) is 17.3 Å². The van der Waals surface area contributed by atoms with Gasteiger partial charge in [0.1, 0.15) is 15.7 Å². The Hall–Kier alpha value is -3.19. The van der Waals surface area contributed by atoms with E-state index in [1.165, 1.54) is 18.2 Å². The number of hydrogen-bond acceptors (Lipinski definition) is 5. The zero-order chi connectivity index (χ0) is 25.1. The van der Waals surface area contributed by atoms with Gasteiger partial charge in [0.2, 0.25) is 0 Å². The minimum Gasteiger partial charge on any atom is -0.332 e. The van der Waals surface area contributed by atoms with Gasteiger partial charge in [-0.1, -0.05) is 17.7 Å². The first-order valence-electron chi connectivity index (χ1n) is 9.61. The van der Waals surface area contributed by atoms with Gasteiger partial charge in [-0.3, -0.25) is 4.98 Å². The minimum absolute atomic E-state index is 0.0187. The largest absolute Gasteiger partial charge is 0.435 e. The van der Waals surface area contributed by atoms with E-state index in [0.717, 1.165) is 29.3 Å². The van der Waals surface area contributed by atoms with Crippen LogP contribution in [0, 0.1) is 5.82 Å². The van der Waals surface area contributed by atoms with Gasteiger partial charge in [0.05, 0.1) is 41.3 Å². The van der Waals surface area contributed by atoms with E-state index in [1.807, 2.05) is 0 Å². The van der Waals surface area contributed by atoms with Gasteiger partial charge in [0.15, 0.2) is 5.69 Å². The third kappa shape index (κ3) is 6.90. The smallest absolute Gasteiger partial charge is 0.332 e.